The summed E-state index contributed by atoms with van der Waals surface area (Å²) in [6.07, 6.45) is 1.49. The molecule has 2 N–H and O–H groups in total. The SMILES string of the molecule is CC(CNC(=O)C(C)OCC1CCCO1)C(=O)O. The number of rotatable bonds is 7. The lowest BCUT2D eigenvalue weighted by Crippen LogP contribution is -2.39. The fourth-order valence-electron chi connectivity index (χ4n) is 1.59. The van der Waals surface area contributed by atoms with Gasteiger partial charge < -0.3 is 19.9 Å². The molecule has 0 bridgehead atoms. The Morgan fingerprint density at radius 3 is 2.78 bits per heavy atom. The van der Waals surface area contributed by atoms with Gasteiger partial charge in [-0.05, 0) is 19.8 Å². The molecule has 1 amide bonds. The van der Waals surface area contributed by atoms with Gasteiger partial charge in [-0.25, -0.2) is 0 Å². The molecule has 6 nitrogen and oxygen atoms in total. The first-order valence-electron chi connectivity index (χ1n) is 6.24. The zero-order valence-corrected chi connectivity index (χ0v) is 10.8. The monoisotopic (exact) mass is 259 g/mol. The van der Waals surface area contributed by atoms with Crippen LogP contribution in [0.15, 0.2) is 0 Å². The van der Waals surface area contributed by atoms with E-state index in [-0.39, 0.29) is 18.6 Å². The van der Waals surface area contributed by atoms with Gasteiger partial charge in [-0.15, -0.1) is 0 Å². The van der Waals surface area contributed by atoms with Crippen LogP contribution in [-0.2, 0) is 19.1 Å². The Labute approximate surface area is 107 Å². The molecule has 3 atom stereocenters. The van der Waals surface area contributed by atoms with Crippen molar-refractivity contribution in [1.29, 1.82) is 0 Å². The number of carboxylic acid groups (broad SMARTS) is 1. The van der Waals surface area contributed by atoms with Gasteiger partial charge in [0.25, 0.3) is 0 Å². The predicted octanol–water partition coefficient (Wildman–Crippen LogP) is 0.407. The molecule has 0 saturated carbocycles. The molecule has 1 heterocycles. The Bertz CT molecular complexity index is 288. The minimum atomic E-state index is -0.928. The number of nitrogens with one attached hydrogen (secondary N) is 1. The molecule has 104 valence electrons. The van der Waals surface area contributed by atoms with Crippen molar-refractivity contribution in [1.82, 2.24) is 5.32 Å². The normalized spacial score (nSPS) is 22.4. The number of carboxylic acids is 1. The summed E-state index contributed by atoms with van der Waals surface area (Å²) in [6, 6.07) is 0. The zero-order chi connectivity index (χ0) is 13.5. The molecule has 1 saturated heterocycles. The third-order valence-corrected chi connectivity index (χ3v) is 2.93. The van der Waals surface area contributed by atoms with Crippen LogP contribution in [0, 0.1) is 5.92 Å². The van der Waals surface area contributed by atoms with E-state index in [2.05, 4.69) is 5.32 Å². The van der Waals surface area contributed by atoms with Crippen molar-refractivity contribution in [2.24, 2.45) is 5.92 Å². The quantitative estimate of drug-likeness (QED) is 0.691. The molecule has 6 heteroatoms. The highest BCUT2D eigenvalue weighted by Crippen LogP contribution is 2.12. The summed E-state index contributed by atoms with van der Waals surface area (Å²) in [4.78, 5) is 22.2. The van der Waals surface area contributed by atoms with Crippen LogP contribution in [0.25, 0.3) is 0 Å². The molecule has 1 aliphatic rings. The molecule has 1 rings (SSSR count). The molecular formula is C12H21NO5. The van der Waals surface area contributed by atoms with Crippen molar-refractivity contribution < 1.29 is 24.2 Å². The topological polar surface area (TPSA) is 84.9 Å². The van der Waals surface area contributed by atoms with Crippen molar-refractivity contribution in [3.8, 4) is 0 Å². The first-order chi connectivity index (χ1) is 8.50. The maximum absolute atomic E-state index is 11.6. The van der Waals surface area contributed by atoms with Gasteiger partial charge in [-0.1, -0.05) is 6.92 Å². The highest BCUT2D eigenvalue weighted by molar-refractivity contribution is 5.81. The van der Waals surface area contributed by atoms with Crippen LogP contribution in [0.3, 0.4) is 0 Å². The van der Waals surface area contributed by atoms with Crippen molar-refractivity contribution in [2.45, 2.75) is 38.9 Å². The predicted molar refractivity (Wildman–Crippen MR) is 64.2 cm³/mol. The Hall–Kier alpha value is -1.14. The zero-order valence-electron chi connectivity index (χ0n) is 10.8. The first-order valence-corrected chi connectivity index (χ1v) is 6.24. The molecule has 0 aromatic heterocycles. The van der Waals surface area contributed by atoms with Crippen LogP contribution in [-0.4, -0.2) is 48.9 Å². The van der Waals surface area contributed by atoms with Crippen molar-refractivity contribution in [3.63, 3.8) is 0 Å². The van der Waals surface area contributed by atoms with E-state index in [0.29, 0.717) is 6.61 Å². The first kappa shape index (κ1) is 14.9. The highest BCUT2D eigenvalue weighted by atomic mass is 16.5. The van der Waals surface area contributed by atoms with Gasteiger partial charge in [0.1, 0.15) is 6.10 Å². The fourth-order valence-corrected chi connectivity index (χ4v) is 1.59. The smallest absolute Gasteiger partial charge is 0.308 e. The lowest BCUT2D eigenvalue weighted by atomic mass is 10.2. The third kappa shape index (κ3) is 5.01. The van der Waals surface area contributed by atoms with E-state index in [4.69, 9.17) is 14.6 Å². The Morgan fingerprint density at radius 2 is 2.22 bits per heavy atom. The molecule has 18 heavy (non-hydrogen) atoms. The summed E-state index contributed by atoms with van der Waals surface area (Å²) < 4.78 is 10.8. The molecule has 0 aliphatic carbocycles. The summed E-state index contributed by atoms with van der Waals surface area (Å²) in [5.41, 5.74) is 0. The van der Waals surface area contributed by atoms with E-state index in [1.807, 2.05) is 0 Å². The number of amides is 1. The Morgan fingerprint density at radius 1 is 1.50 bits per heavy atom. The standard InChI is InChI=1S/C12H21NO5/c1-8(12(15)16)6-13-11(14)9(2)18-7-10-4-3-5-17-10/h8-10H,3-7H2,1-2H3,(H,13,14)(H,15,16). The number of hydrogen-bond acceptors (Lipinski definition) is 4. The van der Waals surface area contributed by atoms with E-state index < -0.39 is 18.0 Å². The molecule has 1 aliphatic heterocycles. The summed E-state index contributed by atoms with van der Waals surface area (Å²) in [5, 5.41) is 11.2. The number of carbonyl (C=O) groups is 2. The number of ether oxygens (including phenoxy) is 2. The molecule has 3 unspecified atom stereocenters. The highest BCUT2D eigenvalue weighted by Gasteiger charge is 2.20. The average Bonchev–Trinajstić information content (AvgIpc) is 2.85. The second-order valence-corrected chi connectivity index (χ2v) is 4.60. The van der Waals surface area contributed by atoms with E-state index in [9.17, 15) is 9.59 Å². The van der Waals surface area contributed by atoms with Gasteiger partial charge >= 0.3 is 5.97 Å². The summed E-state index contributed by atoms with van der Waals surface area (Å²) in [6.45, 7) is 4.46. The summed E-state index contributed by atoms with van der Waals surface area (Å²) >= 11 is 0. The maximum atomic E-state index is 11.6. The maximum Gasteiger partial charge on any atom is 0.308 e. The summed E-state index contributed by atoms with van der Waals surface area (Å²) in [5.74, 6) is -1.82. The minimum absolute atomic E-state index is 0.0817. The van der Waals surface area contributed by atoms with Crippen LogP contribution in [0.4, 0.5) is 0 Å². The Kier molecular flexibility index (Phi) is 6.07. The van der Waals surface area contributed by atoms with Gasteiger partial charge in [0.05, 0.1) is 18.6 Å². The number of hydrogen-bond donors (Lipinski definition) is 2. The number of carbonyl (C=O) groups excluding carboxylic acids is 1. The van der Waals surface area contributed by atoms with Crippen LogP contribution < -0.4 is 5.32 Å². The Balaban J connectivity index is 2.17. The third-order valence-electron chi connectivity index (χ3n) is 2.93. The number of aliphatic carboxylic acids is 1. The van der Waals surface area contributed by atoms with Crippen LogP contribution >= 0.6 is 0 Å². The van der Waals surface area contributed by atoms with Gasteiger partial charge in [0, 0.05) is 13.2 Å². The van der Waals surface area contributed by atoms with Crippen molar-refractivity contribution >= 4 is 11.9 Å². The van der Waals surface area contributed by atoms with Crippen LogP contribution in [0.2, 0.25) is 0 Å². The lowest BCUT2D eigenvalue weighted by Gasteiger charge is -2.16. The van der Waals surface area contributed by atoms with Gasteiger partial charge in [-0.2, -0.15) is 0 Å². The largest absolute Gasteiger partial charge is 0.481 e. The molecule has 0 radical (unpaired) electrons. The molecule has 0 aromatic carbocycles. The fraction of sp³-hybridized carbons (Fsp3) is 0.833. The second-order valence-electron chi connectivity index (χ2n) is 4.60. The minimum Gasteiger partial charge on any atom is -0.481 e. The van der Waals surface area contributed by atoms with Crippen molar-refractivity contribution in [3.05, 3.63) is 0 Å². The molecule has 1 fully saturated rings. The molecule has 0 aromatic rings. The van der Waals surface area contributed by atoms with Gasteiger partial charge in [-0.3, -0.25) is 9.59 Å². The van der Waals surface area contributed by atoms with E-state index >= 15 is 0 Å². The van der Waals surface area contributed by atoms with Crippen molar-refractivity contribution in [2.75, 3.05) is 19.8 Å². The van der Waals surface area contributed by atoms with Gasteiger partial charge in [0.2, 0.25) is 5.91 Å². The molecular weight excluding hydrogens is 238 g/mol. The van der Waals surface area contributed by atoms with Crippen LogP contribution in [0.1, 0.15) is 26.7 Å². The van der Waals surface area contributed by atoms with E-state index in [1.165, 1.54) is 0 Å². The second kappa shape index (κ2) is 7.33. The summed E-state index contributed by atoms with van der Waals surface area (Å²) in [7, 11) is 0. The van der Waals surface area contributed by atoms with Gasteiger partial charge in [0.15, 0.2) is 0 Å². The lowest BCUT2D eigenvalue weighted by molar-refractivity contribution is -0.141. The van der Waals surface area contributed by atoms with Crippen LogP contribution in [0.5, 0.6) is 0 Å². The van der Waals surface area contributed by atoms with E-state index in [1.54, 1.807) is 13.8 Å². The molecule has 0 spiro atoms. The average molecular weight is 259 g/mol. The van der Waals surface area contributed by atoms with E-state index in [0.717, 1.165) is 19.4 Å².